The molecule has 5 rings (SSSR count). The number of ether oxygens (including phenoxy) is 1. The van der Waals surface area contributed by atoms with Crippen LogP contribution in [0, 0.1) is 0 Å². The number of benzene rings is 1. The number of methoxy groups -OCH3 is 1. The molecule has 1 aromatic carbocycles. The number of nitrogens with one attached hydrogen (secondary N) is 1. The van der Waals surface area contributed by atoms with Crippen LogP contribution in [-0.2, 0) is 6.42 Å². The van der Waals surface area contributed by atoms with E-state index < -0.39 is 0 Å². The molecule has 0 atom stereocenters. The first-order valence-electron chi connectivity index (χ1n) is 11.5. The average molecular weight is 455 g/mol. The molecule has 3 heterocycles. The molecular formula is C26H26N6O2. The van der Waals surface area contributed by atoms with Gasteiger partial charge in [-0.05, 0) is 61.6 Å². The maximum atomic E-state index is 13.0. The molecule has 0 aliphatic heterocycles. The van der Waals surface area contributed by atoms with Gasteiger partial charge in [-0.25, -0.2) is 14.6 Å². The van der Waals surface area contributed by atoms with Crippen molar-refractivity contribution < 1.29 is 9.53 Å². The molecule has 1 N–H and O–H groups in total. The fourth-order valence-corrected chi connectivity index (χ4v) is 4.04. The molecule has 0 bridgehead atoms. The SMILES string of the molecule is COc1ccccc1-c1ccnc(-n2ncc(C(=O)NCCCc3ccncc3)c2C2CC2)n1. The van der Waals surface area contributed by atoms with Crippen molar-refractivity contribution >= 4 is 5.91 Å². The smallest absolute Gasteiger partial charge is 0.254 e. The first-order valence-corrected chi connectivity index (χ1v) is 11.5. The number of aromatic nitrogens is 5. The van der Waals surface area contributed by atoms with Crippen molar-refractivity contribution in [3.63, 3.8) is 0 Å². The zero-order valence-electron chi connectivity index (χ0n) is 19.0. The summed E-state index contributed by atoms with van der Waals surface area (Å²) in [7, 11) is 1.64. The van der Waals surface area contributed by atoms with Crippen LogP contribution in [0.25, 0.3) is 17.2 Å². The van der Waals surface area contributed by atoms with E-state index in [0.29, 0.717) is 24.0 Å². The van der Waals surface area contributed by atoms with E-state index in [4.69, 9.17) is 9.72 Å². The number of carbonyl (C=O) groups excluding carboxylic acids is 1. The maximum absolute atomic E-state index is 13.0. The number of amides is 1. The highest BCUT2D eigenvalue weighted by molar-refractivity contribution is 5.95. The number of para-hydroxylation sites is 1. The highest BCUT2D eigenvalue weighted by Crippen LogP contribution is 2.42. The number of hydrogen-bond donors (Lipinski definition) is 1. The van der Waals surface area contributed by atoms with Gasteiger partial charge in [-0.2, -0.15) is 5.10 Å². The Kier molecular flexibility index (Phi) is 6.29. The summed E-state index contributed by atoms with van der Waals surface area (Å²) in [6.07, 6.45) is 10.7. The van der Waals surface area contributed by atoms with Crippen molar-refractivity contribution in [1.29, 1.82) is 0 Å². The number of rotatable bonds is 9. The van der Waals surface area contributed by atoms with Gasteiger partial charge < -0.3 is 10.1 Å². The lowest BCUT2D eigenvalue weighted by atomic mass is 10.1. The Balaban J connectivity index is 1.35. The van der Waals surface area contributed by atoms with Crippen LogP contribution in [-0.4, -0.2) is 44.3 Å². The van der Waals surface area contributed by atoms with Crippen LogP contribution in [0.2, 0.25) is 0 Å². The molecule has 34 heavy (non-hydrogen) atoms. The Morgan fingerprint density at radius 1 is 1.12 bits per heavy atom. The molecule has 1 aliphatic rings. The van der Waals surface area contributed by atoms with E-state index in [1.165, 1.54) is 5.56 Å². The quantitative estimate of drug-likeness (QED) is 0.385. The third-order valence-corrected chi connectivity index (χ3v) is 5.91. The van der Waals surface area contributed by atoms with Crippen molar-refractivity contribution in [3.05, 3.63) is 84.1 Å². The largest absolute Gasteiger partial charge is 0.496 e. The fraction of sp³-hybridized carbons (Fsp3) is 0.269. The molecule has 0 unspecified atom stereocenters. The predicted molar refractivity (Wildman–Crippen MR) is 128 cm³/mol. The minimum atomic E-state index is -0.108. The van der Waals surface area contributed by atoms with Crippen molar-refractivity contribution in [2.75, 3.05) is 13.7 Å². The van der Waals surface area contributed by atoms with Crippen LogP contribution in [0.1, 0.15) is 46.8 Å². The highest BCUT2D eigenvalue weighted by atomic mass is 16.5. The molecule has 1 amide bonds. The molecule has 8 nitrogen and oxygen atoms in total. The second-order valence-corrected chi connectivity index (χ2v) is 8.29. The van der Waals surface area contributed by atoms with Crippen molar-refractivity contribution in [3.8, 4) is 23.0 Å². The van der Waals surface area contributed by atoms with Gasteiger partial charge in [-0.3, -0.25) is 9.78 Å². The molecule has 0 saturated heterocycles. The van der Waals surface area contributed by atoms with Crippen LogP contribution in [0.3, 0.4) is 0 Å². The summed E-state index contributed by atoms with van der Waals surface area (Å²) in [5.74, 6) is 1.37. The van der Waals surface area contributed by atoms with E-state index in [1.807, 2.05) is 42.5 Å². The highest BCUT2D eigenvalue weighted by Gasteiger charge is 2.33. The summed E-state index contributed by atoms with van der Waals surface area (Å²) in [6, 6.07) is 13.6. The summed E-state index contributed by atoms with van der Waals surface area (Å²) in [6.45, 7) is 0.593. The van der Waals surface area contributed by atoms with Gasteiger partial charge in [-0.15, -0.1) is 0 Å². The van der Waals surface area contributed by atoms with Crippen LogP contribution in [0.4, 0.5) is 0 Å². The molecule has 1 aliphatic carbocycles. The zero-order chi connectivity index (χ0) is 23.3. The Labute approximate surface area is 198 Å². The van der Waals surface area contributed by atoms with Gasteiger partial charge in [-0.1, -0.05) is 12.1 Å². The van der Waals surface area contributed by atoms with Crippen LogP contribution >= 0.6 is 0 Å². The van der Waals surface area contributed by atoms with Gasteiger partial charge in [0.25, 0.3) is 11.9 Å². The van der Waals surface area contributed by atoms with E-state index >= 15 is 0 Å². The van der Waals surface area contributed by atoms with Crippen molar-refractivity contribution in [1.82, 2.24) is 30.0 Å². The second kappa shape index (κ2) is 9.82. The lowest BCUT2D eigenvalue weighted by Crippen LogP contribution is -2.25. The molecule has 0 radical (unpaired) electrons. The lowest BCUT2D eigenvalue weighted by Gasteiger charge is -2.11. The number of carbonyl (C=O) groups is 1. The van der Waals surface area contributed by atoms with Gasteiger partial charge >= 0.3 is 0 Å². The molecule has 4 aromatic rings. The molecule has 1 saturated carbocycles. The van der Waals surface area contributed by atoms with Gasteiger partial charge in [0.2, 0.25) is 0 Å². The molecule has 172 valence electrons. The summed E-state index contributed by atoms with van der Waals surface area (Å²) in [4.78, 5) is 26.2. The molecule has 3 aromatic heterocycles. The zero-order valence-corrected chi connectivity index (χ0v) is 19.0. The number of nitrogens with zero attached hydrogens (tertiary/aromatic N) is 5. The number of aryl methyl sites for hydroxylation is 1. The minimum Gasteiger partial charge on any atom is -0.496 e. The first-order chi connectivity index (χ1) is 16.7. The Hall–Kier alpha value is -4.07. The fourth-order valence-electron chi connectivity index (χ4n) is 4.04. The van der Waals surface area contributed by atoms with Gasteiger partial charge in [0.1, 0.15) is 5.75 Å². The van der Waals surface area contributed by atoms with Gasteiger partial charge in [0, 0.05) is 36.6 Å². The van der Waals surface area contributed by atoms with Crippen LogP contribution < -0.4 is 10.1 Å². The van der Waals surface area contributed by atoms with E-state index in [-0.39, 0.29) is 5.91 Å². The number of pyridine rings is 1. The maximum Gasteiger partial charge on any atom is 0.254 e. The van der Waals surface area contributed by atoms with E-state index in [0.717, 1.165) is 48.4 Å². The van der Waals surface area contributed by atoms with Crippen molar-refractivity contribution in [2.45, 2.75) is 31.6 Å². The normalized spacial score (nSPS) is 13.0. The van der Waals surface area contributed by atoms with Crippen molar-refractivity contribution in [2.24, 2.45) is 0 Å². The molecule has 1 fully saturated rings. The third-order valence-electron chi connectivity index (χ3n) is 5.91. The van der Waals surface area contributed by atoms with Crippen LogP contribution in [0.15, 0.2) is 67.3 Å². The Morgan fingerprint density at radius 3 is 2.74 bits per heavy atom. The first kappa shape index (κ1) is 21.8. The van der Waals surface area contributed by atoms with E-state index in [9.17, 15) is 4.79 Å². The second-order valence-electron chi connectivity index (χ2n) is 8.29. The topological polar surface area (TPSA) is 94.8 Å². The standard InChI is InChI=1S/C26H26N6O2/c1-34-23-7-3-2-6-20(23)22-12-16-29-26(31-22)32-24(19-8-9-19)21(17-30-32)25(33)28-13-4-5-18-10-14-27-15-11-18/h2-3,6-7,10-12,14-17,19H,4-5,8-9,13H2,1H3,(H,28,33). The summed E-state index contributed by atoms with van der Waals surface area (Å²) < 4.78 is 7.20. The predicted octanol–water partition coefficient (Wildman–Crippen LogP) is 3.97. The Morgan fingerprint density at radius 2 is 1.94 bits per heavy atom. The van der Waals surface area contributed by atoms with E-state index in [2.05, 4.69) is 20.4 Å². The summed E-state index contributed by atoms with van der Waals surface area (Å²) >= 11 is 0. The lowest BCUT2D eigenvalue weighted by molar-refractivity contribution is 0.0952. The summed E-state index contributed by atoms with van der Waals surface area (Å²) in [5.41, 5.74) is 4.30. The average Bonchev–Trinajstić information content (AvgIpc) is 3.64. The number of hydrogen-bond acceptors (Lipinski definition) is 6. The van der Waals surface area contributed by atoms with E-state index in [1.54, 1.807) is 36.6 Å². The monoisotopic (exact) mass is 454 g/mol. The molecule has 0 spiro atoms. The molecular weight excluding hydrogens is 428 g/mol. The third kappa shape index (κ3) is 4.66. The minimum absolute atomic E-state index is 0.108. The van der Waals surface area contributed by atoms with Gasteiger partial charge in [0.05, 0.1) is 30.3 Å². The molecule has 8 heteroatoms. The van der Waals surface area contributed by atoms with Gasteiger partial charge in [0.15, 0.2) is 0 Å². The summed E-state index contributed by atoms with van der Waals surface area (Å²) in [5, 5.41) is 7.56. The van der Waals surface area contributed by atoms with Crippen LogP contribution in [0.5, 0.6) is 5.75 Å². The Bertz CT molecular complexity index is 1280.